The highest BCUT2D eigenvalue weighted by atomic mass is 15.3. The van der Waals surface area contributed by atoms with E-state index in [0.29, 0.717) is 12.6 Å². The highest BCUT2D eigenvalue weighted by Crippen LogP contribution is 2.23. The SMILES string of the molecule is NCC1CCCCN1c1ccc(-c2ccc[nH]2)nn1. The van der Waals surface area contributed by atoms with Crippen molar-refractivity contribution in [1.29, 1.82) is 0 Å². The molecule has 1 aliphatic rings. The van der Waals surface area contributed by atoms with Crippen molar-refractivity contribution in [1.82, 2.24) is 15.2 Å². The number of nitrogens with two attached hydrogens (primary N) is 1. The number of nitrogens with one attached hydrogen (secondary N) is 1. The molecule has 0 saturated carbocycles. The van der Waals surface area contributed by atoms with Crippen LogP contribution in [0.5, 0.6) is 0 Å². The molecule has 0 amide bonds. The first-order chi connectivity index (χ1) is 9.38. The summed E-state index contributed by atoms with van der Waals surface area (Å²) in [5, 5.41) is 8.66. The third kappa shape index (κ3) is 2.46. The minimum Gasteiger partial charge on any atom is -0.360 e. The zero-order chi connectivity index (χ0) is 13.1. The molecule has 100 valence electrons. The average molecular weight is 257 g/mol. The molecule has 0 radical (unpaired) electrons. The van der Waals surface area contributed by atoms with E-state index in [9.17, 15) is 0 Å². The molecule has 5 nitrogen and oxygen atoms in total. The van der Waals surface area contributed by atoms with Gasteiger partial charge in [-0.25, -0.2) is 0 Å². The highest BCUT2D eigenvalue weighted by Gasteiger charge is 2.22. The zero-order valence-electron chi connectivity index (χ0n) is 10.9. The van der Waals surface area contributed by atoms with E-state index in [-0.39, 0.29) is 0 Å². The van der Waals surface area contributed by atoms with Gasteiger partial charge in [0, 0.05) is 25.3 Å². The van der Waals surface area contributed by atoms with Gasteiger partial charge in [0.05, 0.1) is 5.69 Å². The van der Waals surface area contributed by atoms with Crippen molar-refractivity contribution in [2.75, 3.05) is 18.0 Å². The zero-order valence-corrected chi connectivity index (χ0v) is 10.9. The summed E-state index contributed by atoms with van der Waals surface area (Å²) < 4.78 is 0. The topological polar surface area (TPSA) is 70.8 Å². The third-order valence-electron chi connectivity index (χ3n) is 3.72. The van der Waals surface area contributed by atoms with E-state index in [4.69, 9.17) is 5.73 Å². The summed E-state index contributed by atoms with van der Waals surface area (Å²) in [6, 6.07) is 8.40. The van der Waals surface area contributed by atoms with E-state index in [1.807, 2.05) is 30.5 Å². The van der Waals surface area contributed by atoms with Gasteiger partial charge in [0.15, 0.2) is 5.82 Å². The molecule has 3 N–H and O–H groups in total. The van der Waals surface area contributed by atoms with Crippen molar-refractivity contribution < 1.29 is 0 Å². The second-order valence-corrected chi connectivity index (χ2v) is 4.94. The second kappa shape index (κ2) is 5.40. The minimum atomic E-state index is 0.402. The Labute approximate surface area is 112 Å². The van der Waals surface area contributed by atoms with Crippen LogP contribution in [-0.4, -0.2) is 34.3 Å². The van der Waals surface area contributed by atoms with Gasteiger partial charge in [0.1, 0.15) is 5.69 Å². The molecule has 19 heavy (non-hydrogen) atoms. The van der Waals surface area contributed by atoms with Crippen LogP contribution in [0.3, 0.4) is 0 Å². The van der Waals surface area contributed by atoms with Gasteiger partial charge in [-0.1, -0.05) is 0 Å². The summed E-state index contributed by atoms with van der Waals surface area (Å²) in [6.07, 6.45) is 5.50. The molecule has 1 saturated heterocycles. The molecule has 1 atom stereocenters. The maximum atomic E-state index is 5.84. The predicted molar refractivity (Wildman–Crippen MR) is 75.9 cm³/mol. The standard InChI is InChI=1S/C14H19N5/c15-10-11-4-1-2-9-19(11)14-7-6-13(17-18-14)12-5-3-8-16-12/h3,5-8,11,16H,1-2,4,9-10,15H2. The maximum Gasteiger partial charge on any atom is 0.151 e. The highest BCUT2D eigenvalue weighted by molar-refractivity contribution is 5.55. The fourth-order valence-corrected chi connectivity index (χ4v) is 2.66. The van der Waals surface area contributed by atoms with Crippen LogP contribution in [0.2, 0.25) is 0 Å². The van der Waals surface area contributed by atoms with Crippen LogP contribution in [0, 0.1) is 0 Å². The number of hydrogen-bond acceptors (Lipinski definition) is 4. The van der Waals surface area contributed by atoms with Gasteiger partial charge in [0.25, 0.3) is 0 Å². The Morgan fingerprint density at radius 1 is 1.26 bits per heavy atom. The van der Waals surface area contributed by atoms with Crippen LogP contribution in [0.4, 0.5) is 5.82 Å². The number of H-pyrrole nitrogens is 1. The van der Waals surface area contributed by atoms with E-state index in [1.165, 1.54) is 12.8 Å². The molecule has 5 heteroatoms. The molecule has 3 heterocycles. The quantitative estimate of drug-likeness (QED) is 0.879. The van der Waals surface area contributed by atoms with Gasteiger partial charge in [-0.15, -0.1) is 10.2 Å². The summed E-state index contributed by atoms with van der Waals surface area (Å²) in [7, 11) is 0. The summed E-state index contributed by atoms with van der Waals surface area (Å²) in [6.45, 7) is 1.71. The van der Waals surface area contributed by atoms with Crippen LogP contribution >= 0.6 is 0 Å². The first-order valence-electron chi connectivity index (χ1n) is 6.82. The Morgan fingerprint density at radius 2 is 2.21 bits per heavy atom. The molecule has 0 aromatic carbocycles. The summed E-state index contributed by atoms with van der Waals surface area (Å²) in [4.78, 5) is 5.42. The molecule has 2 aromatic heterocycles. The van der Waals surface area contributed by atoms with Gasteiger partial charge in [-0.2, -0.15) is 0 Å². The fraction of sp³-hybridized carbons (Fsp3) is 0.429. The lowest BCUT2D eigenvalue weighted by Gasteiger charge is -2.35. The number of aromatic amines is 1. The fourth-order valence-electron chi connectivity index (χ4n) is 2.66. The predicted octanol–water partition coefficient (Wildman–Crippen LogP) is 1.79. The van der Waals surface area contributed by atoms with Crippen LogP contribution in [0.25, 0.3) is 11.4 Å². The van der Waals surface area contributed by atoms with Crippen molar-refractivity contribution in [3.63, 3.8) is 0 Å². The number of aromatic nitrogens is 3. The average Bonchev–Trinajstić information content (AvgIpc) is 3.02. The lowest BCUT2D eigenvalue weighted by molar-refractivity contribution is 0.461. The first-order valence-corrected chi connectivity index (χ1v) is 6.82. The van der Waals surface area contributed by atoms with Gasteiger partial charge >= 0.3 is 0 Å². The number of nitrogens with zero attached hydrogens (tertiary/aromatic N) is 3. The van der Waals surface area contributed by atoms with Crippen LogP contribution in [0.1, 0.15) is 19.3 Å². The Kier molecular flexibility index (Phi) is 3.46. The van der Waals surface area contributed by atoms with Gasteiger partial charge < -0.3 is 15.6 Å². The lowest BCUT2D eigenvalue weighted by Crippen LogP contribution is -2.44. The second-order valence-electron chi connectivity index (χ2n) is 4.94. The normalized spacial score (nSPS) is 19.6. The van der Waals surface area contributed by atoms with Crippen molar-refractivity contribution in [2.24, 2.45) is 5.73 Å². The van der Waals surface area contributed by atoms with Gasteiger partial charge in [-0.3, -0.25) is 0 Å². The number of hydrogen-bond donors (Lipinski definition) is 2. The molecular weight excluding hydrogens is 238 g/mol. The Balaban J connectivity index is 1.81. The molecule has 1 aliphatic heterocycles. The first kappa shape index (κ1) is 12.2. The number of anilines is 1. The largest absolute Gasteiger partial charge is 0.360 e. The van der Waals surface area contributed by atoms with E-state index >= 15 is 0 Å². The van der Waals surface area contributed by atoms with Gasteiger partial charge in [0.2, 0.25) is 0 Å². The molecule has 0 aliphatic carbocycles. The number of piperidine rings is 1. The molecule has 3 rings (SSSR count). The molecular formula is C14H19N5. The van der Waals surface area contributed by atoms with E-state index in [2.05, 4.69) is 20.1 Å². The Hall–Kier alpha value is -1.88. The molecule has 0 spiro atoms. The van der Waals surface area contributed by atoms with Gasteiger partial charge in [-0.05, 0) is 43.5 Å². The molecule has 0 bridgehead atoms. The summed E-state index contributed by atoms with van der Waals surface area (Å²) in [5.74, 6) is 0.936. The van der Waals surface area contributed by atoms with E-state index < -0.39 is 0 Å². The molecule has 1 fully saturated rings. The summed E-state index contributed by atoms with van der Waals surface area (Å²) in [5.41, 5.74) is 7.71. The molecule has 1 unspecified atom stereocenters. The van der Waals surface area contributed by atoms with Crippen LogP contribution in [0.15, 0.2) is 30.5 Å². The third-order valence-corrected chi connectivity index (χ3v) is 3.72. The van der Waals surface area contributed by atoms with Crippen molar-refractivity contribution >= 4 is 5.82 Å². The Bertz CT molecular complexity index is 505. The van der Waals surface area contributed by atoms with Crippen molar-refractivity contribution in [3.05, 3.63) is 30.5 Å². The minimum absolute atomic E-state index is 0.402. The van der Waals surface area contributed by atoms with Crippen molar-refractivity contribution in [3.8, 4) is 11.4 Å². The summed E-state index contributed by atoms with van der Waals surface area (Å²) >= 11 is 0. The smallest absolute Gasteiger partial charge is 0.151 e. The number of rotatable bonds is 3. The van der Waals surface area contributed by atoms with E-state index in [1.54, 1.807) is 0 Å². The lowest BCUT2D eigenvalue weighted by atomic mass is 10.0. The van der Waals surface area contributed by atoms with Crippen molar-refractivity contribution in [2.45, 2.75) is 25.3 Å². The van der Waals surface area contributed by atoms with E-state index in [0.717, 1.165) is 30.2 Å². The monoisotopic (exact) mass is 257 g/mol. The Morgan fingerprint density at radius 3 is 2.89 bits per heavy atom. The molecule has 2 aromatic rings. The van der Waals surface area contributed by atoms with Crippen LogP contribution in [-0.2, 0) is 0 Å². The maximum absolute atomic E-state index is 5.84. The van der Waals surface area contributed by atoms with Crippen LogP contribution < -0.4 is 10.6 Å².